The normalized spacial score (nSPS) is 12.5. The van der Waals surface area contributed by atoms with E-state index in [0.717, 1.165) is 5.56 Å². The minimum atomic E-state index is -3.77. The summed E-state index contributed by atoms with van der Waals surface area (Å²) in [6, 6.07) is 12.5. The molecule has 28 heavy (non-hydrogen) atoms. The summed E-state index contributed by atoms with van der Waals surface area (Å²) in [5, 5.41) is 7.74. The molecule has 0 radical (unpaired) electrons. The van der Waals surface area contributed by atoms with Crippen molar-refractivity contribution in [2.75, 3.05) is 6.61 Å². The third-order valence-corrected chi connectivity index (χ3v) is 5.16. The first-order valence-electron chi connectivity index (χ1n) is 8.77. The monoisotopic (exact) mass is 404 g/mol. The Morgan fingerprint density at radius 2 is 1.50 bits per heavy atom. The molecule has 0 bridgehead atoms. The lowest BCUT2D eigenvalue weighted by Gasteiger charge is -2.15. The fourth-order valence-electron chi connectivity index (χ4n) is 2.53. The SMILES string of the molecule is CC(C)c1ccc(C(=O)OCC(=O)N[C@H](C)c2ccc(S(N)(=O)=O)cc2)cc1. The number of hydrogen-bond donors (Lipinski definition) is 2. The molecule has 0 saturated heterocycles. The topological polar surface area (TPSA) is 116 Å². The van der Waals surface area contributed by atoms with Crippen molar-refractivity contribution < 1.29 is 22.7 Å². The molecular formula is C20H24N2O5S. The molecule has 2 aromatic carbocycles. The molecule has 3 N–H and O–H groups in total. The Labute approximate surface area is 164 Å². The van der Waals surface area contributed by atoms with Crippen molar-refractivity contribution in [1.29, 1.82) is 0 Å². The molecular weight excluding hydrogens is 380 g/mol. The summed E-state index contributed by atoms with van der Waals surface area (Å²) in [5.41, 5.74) is 2.18. The lowest BCUT2D eigenvalue weighted by molar-refractivity contribution is -0.124. The Morgan fingerprint density at radius 3 is 2.00 bits per heavy atom. The molecule has 0 aliphatic heterocycles. The van der Waals surface area contributed by atoms with Crippen molar-refractivity contribution in [3.63, 3.8) is 0 Å². The van der Waals surface area contributed by atoms with Crippen LogP contribution in [-0.2, 0) is 19.6 Å². The number of sulfonamides is 1. The van der Waals surface area contributed by atoms with E-state index in [1.165, 1.54) is 12.1 Å². The second-order valence-electron chi connectivity index (χ2n) is 6.76. The van der Waals surface area contributed by atoms with Crippen LogP contribution in [0.25, 0.3) is 0 Å². The van der Waals surface area contributed by atoms with E-state index in [2.05, 4.69) is 19.2 Å². The van der Waals surface area contributed by atoms with Crippen LogP contribution in [0.15, 0.2) is 53.4 Å². The van der Waals surface area contributed by atoms with Crippen molar-refractivity contribution in [3.05, 3.63) is 65.2 Å². The minimum absolute atomic E-state index is 0.00723. The highest BCUT2D eigenvalue weighted by molar-refractivity contribution is 7.89. The molecule has 150 valence electrons. The summed E-state index contributed by atoms with van der Waals surface area (Å²) >= 11 is 0. The van der Waals surface area contributed by atoms with Gasteiger partial charge in [0, 0.05) is 0 Å². The zero-order chi connectivity index (χ0) is 20.9. The van der Waals surface area contributed by atoms with Gasteiger partial charge in [-0.2, -0.15) is 0 Å². The number of primary sulfonamides is 1. The molecule has 0 fully saturated rings. The zero-order valence-corrected chi connectivity index (χ0v) is 16.8. The number of rotatable bonds is 7. The molecule has 0 spiro atoms. The predicted molar refractivity (Wildman–Crippen MR) is 105 cm³/mol. The van der Waals surface area contributed by atoms with Crippen molar-refractivity contribution in [2.24, 2.45) is 5.14 Å². The van der Waals surface area contributed by atoms with Gasteiger partial charge in [-0.3, -0.25) is 4.79 Å². The van der Waals surface area contributed by atoms with Gasteiger partial charge in [-0.15, -0.1) is 0 Å². The van der Waals surface area contributed by atoms with E-state index in [4.69, 9.17) is 9.88 Å². The van der Waals surface area contributed by atoms with E-state index < -0.39 is 34.5 Å². The molecule has 0 heterocycles. The maximum Gasteiger partial charge on any atom is 0.338 e. The number of esters is 1. The summed E-state index contributed by atoms with van der Waals surface area (Å²) in [6.07, 6.45) is 0. The van der Waals surface area contributed by atoms with Crippen LogP contribution < -0.4 is 10.5 Å². The highest BCUT2D eigenvalue weighted by Crippen LogP contribution is 2.16. The molecule has 8 heteroatoms. The maximum absolute atomic E-state index is 12.0. The first kappa shape index (κ1) is 21.6. The van der Waals surface area contributed by atoms with Gasteiger partial charge in [-0.05, 0) is 48.2 Å². The maximum atomic E-state index is 12.0. The standard InChI is InChI=1S/C20H24N2O5S/c1-13(2)15-4-6-17(7-5-15)20(24)27-12-19(23)22-14(3)16-8-10-18(11-9-16)28(21,25)26/h4-11,13-14H,12H2,1-3H3,(H,22,23)(H2,21,25,26)/t14-/m1/s1. The van der Waals surface area contributed by atoms with Crippen molar-refractivity contribution in [3.8, 4) is 0 Å². The summed E-state index contributed by atoms with van der Waals surface area (Å²) in [4.78, 5) is 24.1. The number of hydrogen-bond acceptors (Lipinski definition) is 5. The quantitative estimate of drug-likeness (QED) is 0.688. The fourth-order valence-corrected chi connectivity index (χ4v) is 3.05. The average Bonchev–Trinajstić information content (AvgIpc) is 2.65. The number of ether oxygens (including phenoxy) is 1. The van der Waals surface area contributed by atoms with Crippen LogP contribution in [0, 0.1) is 0 Å². The Balaban J connectivity index is 1.88. The molecule has 0 aliphatic carbocycles. The van der Waals surface area contributed by atoms with Gasteiger partial charge < -0.3 is 10.1 Å². The van der Waals surface area contributed by atoms with Gasteiger partial charge in [0.25, 0.3) is 5.91 Å². The zero-order valence-electron chi connectivity index (χ0n) is 16.0. The first-order valence-corrected chi connectivity index (χ1v) is 10.3. The largest absolute Gasteiger partial charge is 0.452 e. The number of nitrogens with one attached hydrogen (secondary N) is 1. The molecule has 0 aromatic heterocycles. The lowest BCUT2D eigenvalue weighted by atomic mass is 10.0. The third-order valence-electron chi connectivity index (χ3n) is 4.23. The Morgan fingerprint density at radius 1 is 0.964 bits per heavy atom. The van der Waals surface area contributed by atoms with Gasteiger partial charge in [0.05, 0.1) is 16.5 Å². The number of nitrogens with two attached hydrogens (primary N) is 1. The van der Waals surface area contributed by atoms with Crippen LogP contribution in [0.5, 0.6) is 0 Å². The Kier molecular flexibility index (Phi) is 6.93. The molecule has 1 atom stereocenters. The van der Waals surface area contributed by atoms with Crippen molar-refractivity contribution in [1.82, 2.24) is 5.32 Å². The van der Waals surface area contributed by atoms with E-state index in [1.807, 2.05) is 12.1 Å². The first-order chi connectivity index (χ1) is 13.1. The summed E-state index contributed by atoms with van der Waals surface area (Å²) < 4.78 is 27.6. The smallest absolute Gasteiger partial charge is 0.338 e. The highest BCUT2D eigenvalue weighted by atomic mass is 32.2. The predicted octanol–water partition coefficient (Wildman–Crippen LogP) is 2.49. The molecule has 1 amide bonds. The number of amides is 1. The van der Waals surface area contributed by atoms with Gasteiger partial charge in [0.2, 0.25) is 10.0 Å². The molecule has 0 unspecified atom stereocenters. The van der Waals surface area contributed by atoms with Gasteiger partial charge in [-0.1, -0.05) is 38.1 Å². The van der Waals surface area contributed by atoms with E-state index in [1.54, 1.807) is 31.2 Å². The third kappa shape index (κ3) is 5.90. The van der Waals surface area contributed by atoms with Gasteiger partial charge in [0.15, 0.2) is 6.61 Å². The van der Waals surface area contributed by atoms with E-state index in [9.17, 15) is 18.0 Å². The highest BCUT2D eigenvalue weighted by Gasteiger charge is 2.14. The van der Waals surface area contributed by atoms with Crippen LogP contribution in [0.4, 0.5) is 0 Å². The van der Waals surface area contributed by atoms with Gasteiger partial charge in [0.1, 0.15) is 0 Å². The average molecular weight is 404 g/mol. The van der Waals surface area contributed by atoms with Crippen molar-refractivity contribution in [2.45, 2.75) is 37.6 Å². The molecule has 7 nitrogen and oxygen atoms in total. The second kappa shape index (κ2) is 8.99. The van der Waals surface area contributed by atoms with Gasteiger partial charge in [-0.25, -0.2) is 18.4 Å². The minimum Gasteiger partial charge on any atom is -0.452 e. The Bertz CT molecular complexity index is 936. The van der Waals surface area contributed by atoms with Crippen LogP contribution in [-0.4, -0.2) is 26.9 Å². The van der Waals surface area contributed by atoms with Crippen LogP contribution in [0.2, 0.25) is 0 Å². The van der Waals surface area contributed by atoms with Crippen molar-refractivity contribution >= 4 is 21.9 Å². The summed E-state index contributed by atoms with van der Waals surface area (Å²) in [6.45, 7) is 5.43. The van der Waals surface area contributed by atoms with E-state index in [-0.39, 0.29) is 4.90 Å². The molecule has 2 aromatic rings. The molecule has 2 rings (SSSR count). The van der Waals surface area contributed by atoms with E-state index in [0.29, 0.717) is 17.0 Å². The Hall–Kier alpha value is -2.71. The molecule has 0 aliphatic rings. The second-order valence-corrected chi connectivity index (χ2v) is 8.32. The van der Waals surface area contributed by atoms with Gasteiger partial charge >= 0.3 is 5.97 Å². The summed E-state index contributed by atoms with van der Waals surface area (Å²) in [7, 11) is -3.77. The van der Waals surface area contributed by atoms with Crippen LogP contribution in [0.1, 0.15) is 54.2 Å². The molecule has 0 saturated carbocycles. The fraction of sp³-hybridized carbons (Fsp3) is 0.300. The number of carbonyl (C=O) groups is 2. The van der Waals surface area contributed by atoms with Crippen LogP contribution >= 0.6 is 0 Å². The lowest BCUT2D eigenvalue weighted by Crippen LogP contribution is -2.31. The van der Waals surface area contributed by atoms with Crippen LogP contribution in [0.3, 0.4) is 0 Å². The number of carbonyl (C=O) groups excluding carboxylic acids is 2. The number of benzene rings is 2. The van der Waals surface area contributed by atoms with E-state index >= 15 is 0 Å². The summed E-state index contributed by atoms with van der Waals surface area (Å²) in [5.74, 6) is -0.679.